The molecule has 1 heterocycles. The van der Waals surface area contributed by atoms with Crippen molar-refractivity contribution in [3.05, 3.63) is 41.3 Å². The second kappa shape index (κ2) is 5.01. The molecule has 2 rings (SSSR count). The molecular weight excluding hydrogens is 234 g/mol. The molecule has 0 spiro atoms. The van der Waals surface area contributed by atoms with Crippen LogP contribution in [0.2, 0.25) is 0 Å². The summed E-state index contributed by atoms with van der Waals surface area (Å²) in [5.74, 6) is -0.265. The van der Waals surface area contributed by atoms with Gasteiger partial charge in [0.05, 0.1) is 6.61 Å². The normalized spacial score (nSPS) is 10.2. The summed E-state index contributed by atoms with van der Waals surface area (Å²) in [6, 6.07) is 11.3. The third kappa shape index (κ3) is 2.65. The van der Waals surface area contributed by atoms with E-state index in [1.807, 2.05) is 30.3 Å². The Hall–Kier alpha value is -1.81. The van der Waals surface area contributed by atoms with E-state index in [4.69, 9.17) is 10.5 Å². The van der Waals surface area contributed by atoms with E-state index in [9.17, 15) is 4.79 Å². The predicted molar refractivity (Wildman–Crippen MR) is 70.1 cm³/mol. The smallest absolute Gasteiger partial charge is 0.348 e. The third-order valence-electron chi connectivity index (χ3n) is 2.28. The Labute approximate surface area is 104 Å². The van der Waals surface area contributed by atoms with Crippen LogP contribution in [-0.4, -0.2) is 12.6 Å². The van der Waals surface area contributed by atoms with E-state index < -0.39 is 0 Å². The molecule has 4 heteroatoms. The maximum absolute atomic E-state index is 11.5. The summed E-state index contributed by atoms with van der Waals surface area (Å²) >= 11 is 1.42. The average molecular weight is 247 g/mol. The number of esters is 1. The van der Waals surface area contributed by atoms with Crippen molar-refractivity contribution in [1.29, 1.82) is 0 Å². The fourth-order valence-electron chi connectivity index (χ4n) is 1.45. The minimum Gasteiger partial charge on any atom is -0.462 e. The number of hydrogen-bond donors (Lipinski definition) is 1. The molecule has 88 valence electrons. The van der Waals surface area contributed by atoms with E-state index in [-0.39, 0.29) is 5.97 Å². The number of benzene rings is 1. The van der Waals surface area contributed by atoms with Gasteiger partial charge in [-0.2, -0.15) is 0 Å². The van der Waals surface area contributed by atoms with Crippen LogP contribution in [0.15, 0.2) is 36.4 Å². The number of nitrogens with two attached hydrogens (primary N) is 1. The van der Waals surface area contributed by atoms with Gasteiger partial charge in [0.1, 0.15) is 4.88 Å². The van der Waals surface area contributed by atoms with Crippen LogP contribution in [0.3, 0.4) is 0 Å². The zero-order valence-electron chi connectivity index (χ0n) is 9.47. The first-order chi connectivity index (χ1) is 8.20. The van der Waals surface area contributed by atoms with Crippen molar-refractivity contribution in [1.82, 2.24) is 0 Å². The largest absolute Gasteiger partial charge is 0.462 e. The van der Waals surface area contributed by atoms with E-state index in [1.54, 1.807) is 13.0 Å². The topological polar surface area (TPSA) is 52.3 Å². The monoisotopic (exact) mass is 247 g/mol. The Balaban J connectivity index is 2.23. The minimum atomic E-state index is -0.265. The fourth-order valence-corrected chi connectivity index (χ4v) is 2.36. The SMILES string of the molecule is CCOC(=O)c1ccc(-c2ccc(N)cc2)s1. The summed E-state index contributed by atoms with van der Waals surface area (Å²) in [5, 5.41) is 0. The lowest BCUT2D eigenvalue weighted by Crippen LogP contribution is -2.01. The zero-order valence-corrected chi connectivity index (χ0v) is 10.3. The lowest BCUT2D eigenvalue weighted by molar-refractivity contribution is 0.0532. The molecule has 0 amide bonds. The number of carbonyl (C=O) groups is 1. The molecule has 2 aromatic rings. The van der Waals surface area contributed by atoms with Crippen molar-refractivity contribution < 1.29 is 9.53 Å². The van der Waals surface area contributed by atoms with Gasteiger partial charge in [-0.05, 0) is 36.8 Å². The summed E-state index contributed by atoms with van der Waals surface area (Å²) in [5.41, 5.74) is 7.41. The molecule has 0 aliphatic heterocycles. The number of thiophene rings is 1. The van der Waals surface area contributed by atoms with E-state index in [0.717, 1.165) is 16.1 Å². The van der Waals surface area contributed by atoms with Crippen molar-refractivity contribution >= 4 is 23.0 Å². The molecule has 2 N–H and O–H groups in total. The van der Waals surface area contributed by atoms with Crippen molar-refractivity contribution in [2.24, 2.45) is 0 Å². The highest BCUT2D eigenvalue weighted by Gasteiger charge is 2.10. The maximum atomic E-state index is 11.5. The Morgan fingerprint density at radius 3 is 2.59 bits per heavy atom. The first-order valence-electron chi connectivity index (χ1n) is 5.33. The highest BCUT2D eigenvalue weighted by molar-refractivity contribution is 7.17. The predicted octanol–water partition coefficient (Wildman–Crippen LogP) is 3.17. The van der Waals surface area contributed by atoms with E-state index >= 15 is 0 Å². The molecule has 0 unspecified atom stereocenters. The summed E-state index contributed by atoms with van der Waals surface area (Å²) in [6.07, 6.45) is 0. The first-order valence-corrected chi connectivity index (χ1v) is 6.15. The second-order valence-electron chi connectivity index (χ2n) is 3.51. The minimum absolute atomic E-state index is 0.265. The number of anilines is 1. The number of nitrogen functional groups attached to an aromatic ring is 1. The molecule has 1 aromatic carbocycles. The molecule has 0 radical (unpaired) electrons. The summed E-state index contributed by atoms with van der Waals surface area (Å²) in [4.78, 5) is 13.2. The zero-order chi connectivity index (χ0) is 12.3. The molecule has 0 fully saturated rings. The van der Waals surface area contributed by atoms with Gasteiger partial charge in [-0.1, -0.05) is 12.1 Å². The number of hydrogen-bond acceptors (Lipinski definition) is 4. The molecule has 0 aliphatic rings. The molecule has 0 aliphatic carbocycles. The molecule has 0 saturated carbocycles. The maximum Gasteiger partial charge on any atom is 0.348 e. The molecule has 0 bridgehead atoms. The van der Waals surface area contributed by atoms with Crippen LogP contribution in [0.4, 0.5) is 5.69 Å². The van der Waals surface area contributed by atoms with Crippen molar-refractivity contribution in [2.75, 3.05) is 12.3 Å². The van der Waals surface area contributed by atoms with Gasteiger partial charge in [0.25, 0.3) is 0 Å². The summed E-state index contributed by atoms with van der Waals surface area (Å²) in [7, 11) is 0. The fraction of sp³-hybridized carbons (Fsp3) is 0.154. The van der Waals surface area contributed by atoms with Crippen LogP contribution in [-0.2, 0) is 4.74 Å². The van der Waals surface area contributed by atoms with Crippen LogP contribution in [0.1, 0.15) is 16.6 Å². The van der Waals surface area contributed by atoms with Crippen molar-refractivity contribution in [3.8, 4) is 10.4 Å². The molecule has 1 aromatic heterocycles. The Morgan fingerprint density at radius 1 is 1.24 bits per heavy atom. The van der Waals surface area contributed by atoms with Gasteiger partial charge >= 0.3 is 5.97 Å². The summed E-state index contributed by atoms with van der Waals surface area (Å²) < 4.78 is 4.95. The van der Waals surface area contributed by atoms with E-state index in [1.165, 1.54) is 11.3 Å². The van der Waals surface area contributed by atoms with Gasteiger partial charge in [0.2, 0.25) is 0 Å². The van der Waals surface area contributed by atoms with Gasteiger partial charge in [0, 0.05) is 10.6 Å². The molecule has 0 atom stereocenters. The number of carbonyl (C=O) groups excluding carboxylic acids is 1. The van der Waals surface area contributed by atoms with Gasteiger partial charge in [-0.25, -0.2) is 4.79 Å². The number of rotatable bonds is 3. The van der Waals surface area contributed by atoms with Gasteiger partial charge in [-0.3, -0.25) is 0 Å². The summed E-state index contributed by atoms with van der Waals surface area (Å²) in [6.45, 7) is 2.19. The lowest BCUT2D eigenvalue weighted by Gasteiger charge is -1.98. The van der Waals surface area contributed by atoms with E-state index in [0.29, 0.717) is 11.5 Å². The van der Waals surface area contributed by atoms with Crippen LogP contribution in [0.5, 0.6) is 0 Å². The van der Waals surface area contributed by atoms with Crippen LogP contribution >= 0.6 is 11.3 Å². The highest BCUT2D eigenvalue weighted by Crippen LogP contribution is 2.28. The molecule has 0 saturated heterocycles. The van der Waals surface area contributed by atoms with Crippen molar-refractivity contribution in [3.63, 3.8) is 0 Å². The molecule has 3 nitrogen and oxygen atoms in total. The van der Waals surface area contributed by atoms with Gasteiger partial charge in [-0.15, -0.1) is 11.3 Å². The Bertz CT molecular complexity index is 516. The third-order valence-corrected chi connectivity index (χ3v) is 3.39. The Kier molecular flexibility index (Phi) is 3.44. The van der Waals surface area contributed by atoms with Crippen LogP contribution in [0.25, 0.3) is 10.4 Å². The first kappa shape index (κ1) is 11.7. The van der Waals surface area contributed by atoms with Crippen LogP contribution in [0, 0.1) is 0 Å². The highest BCUT2D eigenvalue weighted by atomic mass is 32.1. The van der Waals surface area contributed by atoms with Crippen LogP contribution < -0.4 is 5.73 Å². The van der Waals surface area contributed by atoms with Gasteiger partial charge < -0.3 is 10.5 Å². The van der Waals surface area contributed by atoms with Gasteiger partial charge in [0.15, 0.2) is 0 Å². The number of ether oxygens (including phenoxy) is 1. The second-order valence-corrected chi connectivity index (χ2v) is 4.59. The lowest BCUT2D eigenvalue weighted by atomic mass is 10.2. The molecular formula is C13H13NO2S. The standard InChI is InChI=1S/C13H13NO2S/c1-2-16-13(15)12-8-7-11(17-12)9-3-5-10(14)6-4-9/h3-8H,2,14H2,1H3. The quantitative estimate of drug-likeness (QED) is 0.669. The average Bonchev–Trinajstić information content (AvgIpc) is 2.80. The Morgan fingerprint density at radius 2 is 1.94 bits per heavy atom. The molecule has 17 heavy (non-hydrogen) atoms. The van der Waals surface area contributed by atoms with Crippen molar-refractivity contribution in [2.45, 2.75) is 6.92 Å². The van der Waals surface area contributed by atoms with E-state index in [2.05, 4.69) is 0 Å².